The van der Waals surface area contributed by atoms with Crippen LogP contribution in [0.25, 0.3) is 16.6 Å². The minimum absolute atomic E-state index is 0.0542. The van der Waals surface area contributed by atoms with Gasteiger partial charge in [0.2, 0.25) is 17.7 Å². The van der Waals surface area contributed by atoms with E-state index in [0.29, 0.717) is 87.0 Å². The summed E-state index contributed by atoms with van der Waals surface area (Å²) in [5.74, 6) is 4.56. The Balaban J connectivity index is 0.632. The number of benzene rings is 4. The zero-order chi connectivity index (χ0) is 63.8. The van der Waals surface area contributed by atoms with E-state index in [2.05, 4.69) is 72.9 Å². The molecular formula is C67H73ClN10O12S. The molecule has 0 saturated carbocycles. The number of fused-ring (bicyclic) bond motifs is 2. The molecule has 4 aliphatic heterocycles. The molecule has 3 saturated heterocycles. The van der Waals surface area contributed by atoms with Gasteiger partial charge in [-0.3, -0.25) is 44.3 Å². The van der Waals surface area contributed by atoms with Crippen molar-refractivity contribution in [3.05, 3.63) is 152 Å². The molecule has 91 heavy (non-hydrogen) atoms. The number of nitrogens with zero attached hydrogens (tertiary/aromatic N) is 6. The van der Waals surface area contributed by atoms with E-state index in [1.807, 2.05) is 24.3 Å². The van der Waals surface area contributed by atoms with Crippen LogP contribution in [0.2, 0.25) is 5.02 Å². The number of halogens is 1. The van der Waals surface area contributed by atoms with Gasteiger partial charge in [0, 0.05) is 124 Å². The molecule has 6 heterocycles. The number of allylic oxidation sites excluding steroid dienone is 1. The summed E-state index contributed by atoms with van der Waals surface area (Å²) < 4.78 is 47.7. The smallest absolute Gasteiger partial charge is 0.293 e. The summed E-state index contributed by atoms with van der Waals surface area (Å²) in [6, 6.07) is 24.8. The van der Waals surface area contributed by atoms with Crippen molar-refractivity contribution in [2.45, 2.75) is 89.1 Å². The first-order valence-electron chi connectivity index (χ1n) is 30.8. The lowest BCUT2D eigenvalue weighted by Gasteiger charge is -2.39. The Kier molecular flexibility index (Phi) is 19.8. The van der Waals surface area contributed by atoms with Gasteiger partial charge in [-0.2, -0.15) is 0 Å². The predicted octanol–water partition coefficient (Wildman–Crippen LogP) is 9.10. The fourth-order valence-electron chi connectivity index (χ4n) is 12.4. The van der Waals surface area contributed by atoms with Crippen LogP contribution in [0.5, 0.6) is 11.5 Å². The number of piperazine rings is 1. The van der Waals surface area contributed by atoms with E-state index in [4.69, 9.17) is 25.8 Å². The van der Waals surface area contributed by atoms with Gasteiger partial charge in [-0.1, -0.05) is 61.1 Å². The predicted molar refractivity (Wildman–Crippen MR) is 343 cm³/mol. The van der Waals surface area contributed by atoms with Crippen LogP contribution >= 0.6 is 11.6 Å². The molecule has 2 aromatic heterocycles. The summed E-state index contributed by atoms with van der Waals surface area (Å²) >= 11 is 6.27. The highest BCUT2D eigenvalue weighted by atomic mass is 35.5. The van der Waals surface area contributed by atoms with Crippen LogP contribution in [0.1, 0.15) is 109 Å². The van der Waals surface area contributed by atoms with E-state index in [0.717, 1.165) is 67.2 Å². The number of nitro benzene ring substituents is 1. The number of amides is 5. The second kappa shape index (κ2) is 28.2. The monoisotopic (exact) mass is 1280 g/mol. The maximum Gasteiger partial charge on any atom is 0.293 e. The Morgan fingerprint density at radius 2 is 1.69 bits per heavy atom. The molecule has 3 fully saturated rings. The number of sulfonamides is 1. The standard InChI is InChI=1S/C67H73ClN10O12S/c1-67(2)24-20-48(55(38-67)46-10-12-49(68)13-11-46)41-74-28-30-75(31-29-74)50-14-16-54(60(36-50)90-51-35-47-21-25-69-63(47)71-40-51)64(81)73-91(86,87)52-15-17-57(59(37-52)78(84)85)70-39-44-22-26-76(27-23-44)62(80)43-89-34-33-88-32-5-3-4-7-45-8-6-9-53-56(45)42-77(66(53)83)58-18-19-61(79)72-65(58)82/h6,8-17,21,25,35-37,40,44,58,70H,3,5,18-20,22-24,26-34,38-39,41-43H2,1-2H3,(H,69,71)(H,73,81)(H,72,79,82). The highest BCUT2D eigenvalue weighted by Gasteiger charge is 2.40. The SMILES string of the molecule is CC1(C)CCC(CN2CCN(c3ccc(C(=O)NS(=O)(=O)c4ccc(NCC5CCN(C(=O)COCCOCCCC#Cc6cccc7c6CN(C6CCC(=O)NC6=O)C7=O)CC5)c([N+](=O)[O-])c4)c(Oc4cnc5[nH]ccc5c4)c3)CC2)=C(c2ccc(Cl)cc2)C1. The lowest BCUT2D eigenvalue weighted by atomic mass is 9.72. The van der Waals surface area contributed by atoms with Crippen LogP contribution in [0.15, 0.2) is 114 Å². The van der Waals surface area contributed by atoms with Gasteiger partial charge in [0.15, 0.2) is 0 Å². The van der Waals surface area contributed by atoms with Crippen molar-refractivity contribution in [3.8, 4) is 23.3 Å². The number of nitro groups is 1. The molecule has 0 spiro atoms. The highest BCUT2D eigenvalue weighted by molar-refractivity contribution is 7.90. The van der Waals surface area contributed by atoms with Crippen LogP contribution in [0.3, 0.4) is 0 Å². The van der Waals surface area contributed by atoms with Crippen LogP contribution in [-0.4, -0.2) is 152 Å². The number of aromatic amines is 1. The minimum atomic E-state index is -4.66. The number of piperidine rings is 2. The maximum atomic E-state index is 14.2. The van der Waals surface area contributed by atoms with E-state index in [9.17, 15) is 42.5 Å². The Morgan fingerprint density at radius 3 is 2.47 bits per heavy atom. The molecule has 5 amide bonds. The number of carbonyl (C=O) groups is 5. The number of nitrogens with one attached hydrogen (secondary N) is 4. The average molecular weight is 1280 g/mol. The number of H-pyrrole nitrogens is 1. The normalized spacial score (nSPS) is 18.0. The van der Waals surface area contributed by atoms with Crippen molar-refractivity contribution in [2.75, 3.05) is 89.0 Å². The van der Waals surface area contributed by atoms with Crippen LogP contribution in [-0.2, 0) is 40.4 Å². The van der Waals surface area contributed by atoms with Gasteiger partial charge in [0.05, 0.1) is 34.8 Å². The van der Waals surface area contributed by atoms with E-state index < -0.39 is 43.4 Å². The lowest BCUT2D eigenvalue weighted by molar-refractivity contribution is -0.384. The van der Waals surface area contributed by atoms with Gasteiger partial charge in [0.1, 0.15) is 35.5 Å². The molecule has 1 aliphatic carbocycles. The largest absolute Gasteiger partial charge is 0.455 e. The number of imide groups is 1. The second-order valence-electron chi connectivity index (χ2n) is 24.4. The third-order valence-corrected chi connectivity index (χ3v) is 19.2. The van der Waals surface area contributed by atoms with Crippen LogP contribution in [0, 0.1) is 33.3 Å². The number of carbonyl (C=O) groups excluding carboxylic acids is 5. The maximum absolute atomic E-state index is 14.2. The average Bonchev–Trinajstić information content (AvgIpc) is 1.87. The number of ether oxygens (including phenoxy) is 3. The second-order valence-corrected chi connectivity index (χ2v) is 26.6. The zero-order valence-corrected chi connectivity index (χ0v) is 52.5. The molecule has 476 valence electrons. The van der Waals surface area contributed by atoms with Crippen molar-refractivity contribution < 1.29 is 51.5 Å². The number of unbranched alkanes of at least 4 members (excludes halogenated alkanes) is 1. The van der Waals surface area contributed by atoms with Gasteiger partial charge in [-0.05, 0) is 134 Å². The quantitative estimate of drug-likeness (QED) is 0.0162. The summed E-state index contributed by atoms with van der Waals surface area (Å²) in [7, 11) is -4.66. The molecule has 5 aliphatic rings. The molecule has 4 aromatic carbocycles. The molecule has 24 heteroatoms. The molecule has 22 nitrogen and oxygen atoms in total. The first-order valence-corrected chi connectivity index (χ1v) is 32.7. The van der Waals surface area contributed by atoms with Gasteiger partial charge >= 0.3 is 0 Å². The number of rotatable bonds is 22. The summed E-state index contributed by atoms with van der Waals surface area (Å²) in [6.07, 6.45) is 9.29. The lowest BCUT2D eigenvalue weighted by Crippen LogP contribution is -2.52. The van der Waals surface area contributed by atoms with Gasteiger partial charge in [0.25, 0.3) is 27.5 Å². The molecule has 0 bridgehead atoms. The first-order chi connectivity index (χ1) is 43.8. The van der Waals surface area contributed by atoms with Gasteiger partial charge in [-0.25, -0.2) is 18.1 Å². The molecule has 1 unspecified atom stereocenters. The van der Waals surface area contributed by atoms with Crippen molar-refractivity contribution in [1.29, 1.82) is 0 Å². The number of pyridine rings is 1. The van der Waals surface area contributed by atoms with E-state index in [1.165, 1.54) is 46.0 Å². The zero-order valence-electron chi connectivity index (χ0n) is 50.9. The van der Waals surface area contributed by atoms with Crippen molar-refractivity contribution in [3.63, 3.8) is 0 Å². The molecule has 0 radical (unpaired) electrons. The summed E-state index contributed by atoms with van der Waals surface area (Å²) in [4.78, 5) is 91.1. The van der Waals surface area contributed by atoms with Crippen LogP contribution in [0.4, 0.5) is 17.1 Å². The fourth-order valence-corrected chi connectivity index (χ4v) is 13.5. The molecule has 4 N–H and O–H groups in total. The molecule has 6 aromatic rings. The molecule has 11 rings (SSSR count). The first kappa shape index (κ1) is 63.9. The van der Waals surface area contributed by atoms with Crippen molar-refractivity contribution in [2.24, 2.45) is 11.3 Å². The number of anilines is 2. The van der Waals surface area contributed by atoms with E-state index in [1.54, 1.807) is 41.4 Å². The Bertz CT molecular complexity index is 3980. The summed E-state index contributed by atoms with van der Waals surface area (Å²) in [5.41, 5.74) is 7.19. The Morgan fingerprint density at radius 1 is 0.901 bits per heavy atom. The van der Waals surface area contributed by atoms with Gasteiger partial charge < -0.3 is 39.2 Å². The number of aromatic nitrogens is 2. The molecule has 1 atom stereocenters. The van der Waals surface area contributed by atoms with Crippen molar-refractivity contribution >= 4 is 84.8 Å². The summed E-state index contributed by atoms with van der Waals surface area (Å²) in [5, 5.41) is 19.4. The highest BCUT2D eigenvalue weighted by Crippen LogP contribution is 2.44. The number of likely N-dealkylation sites (tertiary alicyclic amines) is 1. The topological polar surface area (TPSA) is 268 Å². The third-order valence-electron chi connectivity index (χ3n) is 17.6. The third kappa shape index (κ3) is 15.6. The van der Waals surface area contributed by atoms with Gasteiger partial charge in [-0.15, -0.1) is 0 Å². The van der Waals surface area contributed by atoms with E-state index in [-0.39, 0.29) is 85.3 Å². The molecular weight excluding hydrogens is 1200 g/mol. The minimum Gasteiger partial charge on any atom is -0.455 e. The van der Waals surface area contributed by atoms with E-state index >= 15 is 0 Å². The summed E-state index contributed by atoms with van der Waals surface area (Å²) in [6.45, 7) is 10.8. The van der Waals surface area contributed by atoms with Crippen molar-refractivity contribution in [1.82, 2.24) is 34.7 Å². The number of hydrogen-bond donors (Lipinski definition) is 4. The van der Waals surface area contributed by atoms with Crippen LogP contribution < -0.4 is 25.0 Å². The fraction of sp³-hybridized carbons (Fsp3) is 0.403. The number of hydrogen-bond acceptors (Lipinski definition) is 16. The Labute approximate surface area is 533 Å². The Hall–Kier alpha value is -8.66.